The van der Waals surface area contributed by atoms with Crippen LogP contribution in [-0.4, -0.2) is 5.11 Å². The third-order valence-electron chi connectivity index (χ3n) is 3.00. The van der Waals surface area contributed by atoms with Crippen molar-refractivity contribution in [3.05, 3.63) is 68.4 Å². The van der Waals surface area contributed by atoms with Crippen LogP contribution in [-0.2, 0) is 12.0 Å². The second-order valence-corrected chi connectivity index (χ2v) is 6.44. The Hall–Kier alpha value is -0.710. The first kappa shape index (κ1) is 14.7. The zero-order chi connectivity index (χ0) is 14.0. The summed E-state index contributed by atoms with van der Waals surface area (Å²) in [6, 6.07) is 12.2. The van der Waals surface area contributed by atoms with Gasteiger partial charge in [-0.1, -0.05) is 50.1 Å². The van der Waals surface area contributed by atoms with Crippen LogP contribution in [0.5, 0.6) is 0 Å². The molecule has 19 heavy (non-hydrogen) atoms. The molecule has 0 aromatic heterocycles. The number of aliphatic hydroxyl groups is 1. The number of hydrogen-bond acceptors (Lipinski definition) is 1. The van der Waals surface area contributed by atoms with Gasteiger partial charge in [-0.2, -0.15) is 0 Å². The number of benzene rings is 2. The highest BCUT2D eigenvalue weighted by Gasteiger charge is 2.27. The molecule has 0 spiro atoms. The summed E-state index contributed by atoms with van der Waals surface area (Å²) >= 11 is 6.73. The third-order valence-corrected chi connectivity index (χ3v) is 4.18. The SMILES string of the molecule is CC(O)(Cc1cc(Br)ccc1F)c1ccccc1Br. The Morgan fingerprint density at radius 2 is 1.84 bits per heavy atom. The molecule has 1 N–H and O–H groups in total. The predicted octanol–water partition coefficient (Wildman–Crippen LogP) is 4.80. The monoisotopic (exact) mass is 386 g/mol. The summed E-state index contributed by atoms with van der Waals surface area (Å²) in [5, 5.41) is 10.6. The van der Waals surface area contributed by atoms with Crippen LogP contribution in [0.2, 0.25) is 0 Å². The van der Waals surface area contributed by atoms with Crippen LogP contribution in [0.25, 0.3) is 0 Å². The molecule has 1 nitrogen and oxygen atoms in total. The largest absolute Gasteiger partial charge is 0.385 e. The van der Waals surface area contributed by atoms with Gasteiger partial charge in [0, 0.05) is 15.4 Å². The van der Waals surface area contributed by atoms with Crippen molar-refractivity contribution in [1.29, 1.82) is 0 Å². The van der Waals surface area contributed by atoms with Gasteiger partial charge < -0.3 is 5.11 Å². The van der Waals surface area contributed by atoms with Gasteiger partial charge >= 0.3 is 0 Å². The van der Waals surface area contributed by atoms with E-state index >= 15 is 0 Å². The van der Waals surface area contributed by atoms with Gasteiger partial charge in [0.1, 0.15) is 5.82 Å². The van der Waals surface area contributed by atoms with Crippen molar-refractivity contribution >= 4 is 31.9 Å². The summed E-state index contributed by atoms with van der Waals surface area (Å²) in [6.07, 6.45) is 0.209. The third kappa shape index (κ3) is 3.44. The minimum absolute atomic E-state index is 0.209. The van der Waals surface area contributed by atoms with Crippen molar-refractivity contribution in [1.82, 2.24) is 0 Å². The van der Waals surface area contributed by atoms with Crippen molar-refractivity contribution in [3.63, 3.8) is 0 Å². The summed E-state index contributed by atoms with van der Waals surface area (Å²) in [5.41, 5.74) is 0.0892. The maximum Gasteiger partial charge on any atom is 0.126 e. The highest BCUT2D eigenvalue weighted by Crippen LogP contribution is 2.32. The number of rotatable bonds is 3. The van der Waals surface area contributed by atoms with E-state index in [0.29, 0.717) is 5.56 Å². The Kier molecular flexibility index (Phi) is 4.43. The molecular weight excluding hydrogens is 375 g/mol. The topological polar surface area (TPSA) is 20.2 Å². The van der Waals surface area contributed by atoms with Crippen LogP contribution in [0.15, 0.2) is 51.4 Å². The lowest BCUT2D eigenvalue weighted by molar-refractivity contribution is 0.0559. The summed E-state index contributed by atoms with van der Waals surface area (Å²) in [6.45, 7) is 1.69. The lowest BCUT2D eigenvalue weighted by atomic mass is 9.89. The summed E-state index contributed by atoms with van der Waals surface area (Å²) in [4.78, 5) is 0. The Bertz CT molecular complexity index is 596. The molecule has 100 valence electrons. The van der Waals surface area contributed by atoms with E-state index in [0.717, 1.165) is 14.5 Å². The van der Waals surface area contributed by atoms with E-state index in [1.54, 1.807) is 19.1 Å². The minimum Gasteiger partial charge on any atom is -0.385 e. The molecule has 0 aliphatic carbocycles. The fourth-order valence-electron chi connectivity index (χ4n) is 2.04. The van der Waals surface area contributed by atoms with Crippen molar-refractivity contribution in [2.45, 2.75) is 18.9 Å². The average molecular weight is 388 g/mol. The quantitative estimate of drug-likeness (QED) is 0.801. The van der Waals surface area contributed by atoms with Gasteiger partial charge in [0.2, 0.25) is 0 Å². The van der Waals surface area contributed by atoms with Crippen molar-refractivity contribution in [3.8, 4) is 0 Å². The summed E-state index contributed by atoms with van der Waals surface area (Å²) in [5.74, 6) is -0.310. The Labute approximate surface area is 128 Å². The Morgan fingerprint density at radius 3 is 2.53 bits per heavy atom. The Morgan fingerprint density at radius 1 is 1.16 bits per heavy atom. The van der Waals surface area contributed by atoms with Crippen molar-refractivity contribution < 1.29 is 9.50 Å². The first-order valence-electron chi connectivity index (χ1n) is 5.81. The van der Waals surface area contributed by atoms with Crippen molar-refractivity contribution in [2.24, 2.45) is 0 Å². The molecule has 1 unspecified atom stereocenters. The van der Waals surface area contributed by atoms with E-state index in [1.807, 2.05) is 24.3 Å². The normalized spacial score (nSPS) is 14.2. The molecule has 0 fully saturated rings. The standard InChI is InChI=1S/C15H13Br2FO/c1-15(19,12-4-2-3-5-13(12)17)9-10-8-11(16)6-7-14(10)18/h2-8,19H,9H2,1H3. The first-order valence-corrected chi connectivity index (χ1v) is 7.40. The van der Waals surface area contributed by atoms with Crippen LogP contribution in [0.4, 0.5) is 4.39 Å². The van der Waals surface area contributed by atoms with Gasteiger partial charge in [0.15, 0.2) is 0 Å². The van der Waals surface area contributed by atoms with Crippen LogP contribution in [0.3, 0.4) is 0 Å². The molecule has 0 radical (unpaired) electrons. The van der Waals surface area contributed by atoms with Gasteiger partial charge in [-0.25, -0.2) is 4.39 Å². The molecule has 2 aromatic carbocycles. The number of halogens is 3. The van der Waals surface area contributed by atoms with E-state index in [4.69, 9.17) is 0 Å². The fraction of sp³-hybridized carbons (Fsp3) is 0.200. The molecule has 0 bridgehead atoms. The smallest absolute Gasteiger partial charge is 0.126 e. The van der Waals surface area contributed by atoms with E-state index in [9.17, 15) is 9.50 Å². The molecule has 0 saturated heterocycles. The highest BCUT2D eigenvalue weighted by atomic mass is 79.9. The zero-order valence-electron chi connectivity index (χ0n) is 10.3. The maximum atomic E-state index is 13.8. The fourth-order valence-corrected chi connectivity index (χ4v) is 3.16. The van der Waals surface area contributed by atoms with Crippen LogP contribution < -0.4 is 0 Å². The van der Waals surface area contributed by atoms with Gasteiger partial charge in [0.05, 0.1) is 5.60 Å². The molecule has 0 aliphatic heterocycles. The van der Waals surface area contributed by atoms with Crippen molar-refractivity contribution in [2.75, 3.05) is 0 Å². The molecule has 4 heteroatoms. The van der Waals surface area contributed by atoms with E-state index in [2.05, 4.69) is 31.9 Å². The highest BCUT2D eigenvalue weighted by molar-refractivity contribution is 9.10. The van der Waals surface area contributed by atoms with Gasteiger partial charge in [0.25, 0.3) is 0 Å². The molecule has 0 saturated carbocycles. The second-order valence-electron chi connectivity index (χ2n) is 4.67. The molecule has 1 atom stereocenters. The van der Waals surface area contributed by atoms with Gasteiger partial charge in [-0.15, -0.1) is 0 Å². The lowest BCUT2D eigenvalue weighted by Gasteiger charge is -2.25. The molecule has 0 aliphatic rings. The minimum atomic E-state index is -1.14. The molecule has 0 heterocycles. The van der Waals surface area contributed by atoms with Gasteiger partial charge in [-0.3, -0.25) is 0 Å². The summed E-state index contributed by atoms with van der Waals surface area (Å²) < 4.78 is 15.4. The van der Waals surface area contributed by atoms with Crippen LogP contribution in [0, 0.1) is 5.82 Å². The molecule has 2 aromatic rings. The summed E-state index contributed by atoms with van der Waals surface area (Å²) in [7, 11) is 0. The first-order chi connectivity index (χ1) is 8.90. The van der Waals surface area contributed by atoms with Crippen LogP contribution in [0.1, 0.15) is 18.1 Å². The molecule has 0 amide bonds. The molecule has 2 rings (SSSR count). The van der Waals surface area contributed by atoms with Crippen LogP contribution >= 0.6 is 31.9 Å². The second kappa shape index (κ2) is 5.73. The lowest BCUT2D eigenvalue weighted by Crippen LogP contribution is -2.25. The van der Waals surface area contributed by atoms with E-state index in [1.165, 1.54) is 6.07 Å². The molecular formula is C15H13Br2FO. The zero-order valence-corrected chi connectivity index (χ0v) is 13.5. The predicted molar refractivity (Wildman–Crippen MR) is 81.5 cm³/mol. The van der Waals surface area contributed by atoms with E-state index in [-0.39, 0.29) is 12.2 Å². The average Bonchev–Trinajstić information content (AvgIpc) is 2.34. The van der Waals surface area contributed by atoms with E-state index < -0.39 is 5.60 Å². The maximum absolute atomic E-state index is 13.8. The Balaban J connectivity index is 2.36. The number of hydrogen-bond donors (Lipinski definition) is 1. The van der Waals surface area contributed by atoms with Gasteiger partial charge in [-0.05, 0) is 42.3 Å².